The Hall–Kier alpha value is -3.38. The molecule has 0 saturated carbocycles. The van der Waals surface area contributed by atoms with E-state index in [9.17, 15) is 8.78 Å². The number of anilines is 2. The highest BCUT2D eigenvalue weighted by Crippen LogP contribution is 2.27. The van der Waals surface area contributed by atoms with Crippen LogP contribution in [0.2, 0.25) is 0 Å². The van der Waals surface area contributed by atoms with E-state index in [0.29, 0.717) is 16.9 Å². The van der Waals surface area contributed by atoms with Crippen LogP contribution in [0.25, 0.3) is 5.57 Å². The van der Waals surface area contributed by atoms with Gasteiger partial charge in [-0.1, -0.05) is 19.9 Å². The third-order valence-corrected chi connectivity index (χ3v) is 4.55. The van der Waals surface area contributed by atoms with Crippen LogP contribution in [0.5, 0.6) is 0 Å². The molecule has 2 aromatic carbocycles. The summed E-state index contributed by atoms with van der Waals surface area (Å²) in [5, 5.41) is 17.3. The summed E-state index contributed by atoms with van der Waals surface area (Å²) in [6.45, 7) is 7.76. The van der Waals surface area contributed by atoms with E-state index < -0.39 is 11.6 Å². The second-order valence-corrected chi connectivity index (χ2v) is 6.38. The maximum absolute atomic E-state index is 13.1. The zero-order valence-corrected chi connectivity index (χ0v) is 16.5. The molecular weight excluding hydrogens is 358 g/mol. The van der Waals surface area contributed by atoms with Gasteiger partial charge in [0.1, 0.15) is 23.8 Å². The second-order valence-electron chi connectivity index (χ2n) is 6.38. The van der Waals surface area contributed by atoms with E-state index in [4.69, 9.17) is 22.0 Å². The normalized spacial score (nSPS) is 11.6. The predicted molar refractivity (Wildman–Crippen MR) is 109 cm³/mol. The first-order valence-electron chi connectivity index (χ1n) is 8.81. The number of nitriles is 2. The Morgan fingerprint density at radius 3 is 2.00 bits per heavy atom. The molecule has 6 heteroatoms. The fourth-order valence-corrected chi connectivity index (χ4v) is 2.51. The van der Waals surface area contributed by atoms with Crippen LogP contribution in [0.3, 0.4) is 0 Å². The molecule has 4 nitrogen and oxygen atoms in total. The molecule has 0 aromatic heterocycles. The minimum atomic E-state index is -0.572. The Morgan fingerprint density at radius 1 is 1.04 bits per heavy atom. The van der Waals surface area contributed by atoms with Crippen molar-refractivity contribution in [2.24, 2.45) is 0 Å². The van der Waals surface area contributed by atoms with Crippen molar-refractivity contribution in [3.05, 3.63) is 64.2 Å². The lowest BCUT2D eigenvalue weighted by molar-refractivity contribution is 0.622. The molecule has 0 aliphatic rings. The van der Waals surface area contributed by atoms with Crippen LogP contribution in [0.15, 0.2) is 30.3 Å². The van der Waals surface area contributed by atoms with Crippen molar-refractivity contribution in [1.29, 1.82) is 10.5 Å². The number of benzene rings is 2. The zero-order valence-electron chi connectivity index (χ0n) is 16.5. The van der Waals surface area contributed by atoms with Gasteiger partial charge in [-0.3, -0.25) is 0 Å². The maximum Gasteiger partial charge on any atom is 0.143 e. The Kier molecular flexibility index (Phi) is 8.16. The van der Waals surface area contributed by atoms with Crippen molar-refractivity contribution in [2.45, 2.75) is 40.0 Å². The average molecular weight is 382 g/mol. The number of nitrogens with zero attached hydrogens (tertiary/aromatic N) is 2. The molecule has 0 heterocycles. The van der Waals surface area contributed by atoms with Crippen molar-refractivity contribution in [1.82, 2.24) is 0 Å². The summed E-state index contributed by atoms with van der Waals surface area (Å²) in [6, 6.07) is 9.01. The number of halogens is 2. The van der Waals surface area contributed by atoms with Crippen LogP contribution < -0.4 is 11.5 Å². The first-order valence-corrected chi connectivity index (χ1v) is 8.81. The monoisotopic (exact) mass is 382 g/mol. The lowest BCUT2D eigenvalue weighted by Gasteiger charge is -2.12. The smallest absolute Gasteiger partial charge is 0.143 e. The molecule has 1 unspecified atom stereocenters. The first-order chi connectivity index (χ1) is 13.2. The van der Waals surface area contributed by atoms with Crippen LogP contribution >= 0.6 is 0 Å². The maximum atomic E-state index is 13.1. The fraction of sp³-hybridized carbons (Fsp3) is 0.273. The van der Waals surface area contributed by atoms with E-state index in [0.717, 1.165) is 17.6 Å². The van der Waals surface area contributed by atoms with Gasteiger partial charge in [-0.15, -0.1) is 0 Å². The molecule has 2 aromatic rings. The quantitative estimate of drug-likeness (QED) is 0.685. The molecule has 146 valence electrons. The Bertz CT molecular complexity index is 966. The summed E-state index contributed by atoms with van der Waals surface area (Å²) >= 11 is 0. The summed E-state index contributed by atoms with van der Waals surface area (Å²) in [5.74, 6) is -0.864. The Morgan fingerprint density at radius 2 is 1.54 bits per heavy atom. The molecule has 28 heavy (non-hydrogen) atoms. The van der Waals surface area contributed by atoms with Crippen LogP contribution in [0.4, 0.5) is 20.2 Å². The molecule has 0 saturated heterocycles. The topological polar surface area (TPSA) is 99.6 Å². The summed E-state index contributed by atoms with van der Waals surface area (Å²) < 4.78 is 26.2. The number of nitrogens with two attached hydrogens (primary N) is 2. The van der Waals surface area contributed by atoms with Crippen LogP contribution in [0.1, 0.15) is 62.3 Å². The highest BCUT2D eigenvalue weighted by molar-refractivity contribution is 5.74. The molecule has 0 fully saturated rings. The Balaban J connectivity index is 0.000000280. The van der Waals surface area contributed by atoms with Gasteiger partial charge in [-0.2, -0.15) is 10.5 Å². The number of allylic oxidation sites excluding steroid dienone is 2. The highest BCUT2D eigenvalue weighted by Gasteiger charge is 2.11. The van der Waals surface area contributed by atoms with Crippen LogP contribution in [-0.2, 0) is 0 Å². The molecule has 0 spiro atoms. The number of hydrogen-bond acceptors (Lipinski definition) is 4. The summed E-state index contributed by atoms with van der Waals surface area (Å²) in [5.41, 5.74) is 14.7. The molecule has 0 radical (unpaired) electrons. The van der Waals surface area contributed by atoms with Crippen molar-refractivity contribution >= 4 is 16.9 Å². The van der Waals surface area contributed by atoms with Crippen LogP contribution in [-0.4, -0.2) is 0 Å². The van der Waals surface area contributed by atoms with Gasteiger partial charge >= 0.3 is 0 Å². The van der Waals surface area contributed by atoms with Gasteiger partial charge in [-0.25, -0.2) is 8.78 Å². The van der Waals surface area contributed by atoms with Gasteiger partial charge in [0.05, 0.1) is 11.1 Å². The van der Waals surface area contributed by atoms with Gasteiger partial charge in [0.25, 0.3) is 0 Å². The lowest BCUT2D eigenvalue weighted by Crippen LogP contribution is -2.01. The van der Waals surface area contributed by atoms with Gasteiger partial charge in [-0.05, 0) is 61.6 Å². The molecular formula is C22H24F2N4. The third kappa shape index (κ3) is 5.31. The van der Waals surface area contributed by atoms with E-state index >= 15 is 0 Å². The SMILES string of the molecule is C/C=C(\C)c1cc(C#N)c(F)cc1N.CCC(C)c1cc(C#N)c(F)cc1N. The average Bonchev–Trinajstić information content (AvgIpc) is 2.67. The number of rotatable bonds is 3. The summed E-state index contributed by atoms with van der Waals surface area (Å²) in [7, 11) is 0. The van der Waals surface area contributed by atoms with Crippen LogP contribution in [0, 0.1) is 34.3 Å². The van der Waals surface area contributed by atoms with E-state index in [2.05, 4.69) is 0 Å². The standard InChI is InChI=1S/C11H13FN2.C11H11FN2/c2*1-3-7(2)9-4-8(6-13)10(12)5-11(9)14/h4-5,7H,3,14H2,1-2H3;3-5H,14H2,1-2H3/b;7-3+. The van der Waals surface area contributed by atoms with Gasteiger partial charge in [0.2, 0.25) is 0 Å². The minimum Gasteiger partial charge on any atom is -0.398 e. The van der Waals surface area contributed by atoms with Crippen molar-refractivity contribution in [3.8, 4) is 12.1 Å². The minimum absolute atomic E-state index is 0.0235. The van der Waals surface area contributed by atoms with Crippen molar-refractivity contribution < 1.29 is 8.78 Å². The van der Waals surface area contributed by atoms with Gasteiger partial charge in [0.15, 0.2) is 0 Å². The zero-order chi connectivity index (χ0) is 21.4. The van der Waals surface area contributed by atoms with E-state index in [-0.39, 0.29) is 17.0 Å². The second kappa shape index (κ2) is 10.1. The van der Waals surface area contributed by atoms with Crippen molar-refractivity contribution in [3.63, 3.8) is 0 Å². The molecule has 4 N–H and O–H groups in total. The Labute approximate surface area is 164 Å². The summed E-state index contributed by atoms with van der Waals surface area (Å²) in [6.07, 6.45) is 2.78. The molecule has 0 aliphatic carbocycles. The van der Waals surface area contributed by atoms with Crippen molar-refractivity contribution in [2.75, 3.05) is 11.5 Å². The first kappa shape index (κ1) is 22.7. The molecule has 0 aliphatic heterocycles. The number of hydrogen-bond donors (Lipinski definition) is 2. The highest BCUT2D eigenvalue weighted by atomic mass is 19.1. The molecule has 0 bridgehead atoms. The van der Waals surface area contributed by atoms with E-state index in [1.54, 1.807) is 12.1 Å². The number of nitrogen functional groups attached to an aromatic ring is 2. The lowest BCUT2D eigenvalue weighted by atomic mass is 9.95. The predicted octanol–water partition coefficient (Wildman–Crippen LogP) is 5.50. The largest absolute Gasteiger partial charge is 0.398 e. The summed E-state index contributed by atoms with van der Waals surface area (Å²) in [4.78, 5) is 0. The molecule has 2 rings (SSSR count). The van der Waals surface area contributed by atoms with E-state index in [1.165, 1.54) is 18.2 Å². The van der Waals surface area contributed by atoms with Gasteiger partial charge in [0, 0.05) is 16.9 Å². The molecule has 1 atom stereocenters. The fourth-order valence-electron chi connectivity index (χ4n) is 2.51. The molecule has 0 amide bonds. The third-order valence-electron chi connectivity index (χ3n) is 4.55. The van der Waals surface area contributed by atoms with E-state index in [1.807, 2.05) is 39.8 Å². The van der Waals surface area contributed by atoms with Gasteiger partial charge < -0.3 is 11.5 Å².